The number of ether oxygens (including phenoxy) is 4. The van der Waals surface area contributed by atoms with Gasteiger partial charge >= 0.3 is 25.8 Å². The van der Waals surface area contributed by atoms with Gasteiger partial charge in [-0.15, -0.1) is 0 Å². The third-order valence-corrected chi connectivity index (χ3v) is 12.2. The van der Waals surface area contributed by atoms with Crippen LogP contribution in [0.1, 0.15) is 33.2 Å². The lowest BCUT2D eigenvalue weighted by atomic mass is 10.1. The van der Waals surface area contributed by atoms with Gasteiger partial charge in [-0.2, -0.15) is 0 Å². The molecule has 3 fully saturated rings. The van der Waals surface area contributed by atoms with E-state index in [1.54, 1.807) is 20.8 Å². The van der Waals surface area contributed by atoms with E-state index in [1.165, 1.54) is 11.9 Å². The molecule has 0 aromatic carbocycles. The number of aliphatic hydroxyl groups is 1. The average molecular weight is 912 g/mol. The molecule has 0 spiro atoms. The summed E-state index contributed by atoms with van der Waals surface area (Å²) in [7, 11) is 1.47. The number of aromatic nitrogens is 7. The number of nitrogens with one attached hydrogen (secondary N) is 2. The van der Waals surface area contributed by atoms with Crippen molar-refractivity contribution < 1.29 is 69.6 Å². The molecule has 3 N–H and O–H groups in total. The molecule has 29 heteroatoms. The Kier molecular flexibility index (Phi) is 12.2. The van der Waals surface area contributed by atoms with Crippen molar-refractivity contribution in [2.24, 2.45) is 0 Å². The molecule has 2 bridgehead atoms. The third kappa shape index (κ3) is 9.29. The molecule has 3 aliphatic heterocycles. The second-order valence-corrected chi connectivity index (χ2v) is 20.0. The van der Waals surface area contributed by atoms with E-state index < -0.39 is 111 Å². The number of rotatable bonds is 6. The number of H-pyrrole nitrogens is 1. The van der Waals surface area contributed by atoms with E-state index in [4.69, 9.17) is 37.0 Å². The van der Waals surface area contributed by atoms with E-state index in [2.05, 4.69) is 54.7 Å². The van der Waals surface area contributed by atoms with Crippen LogP contribution in [0.5, 0.6) is 0 Å². The van der Waals surface area contributed by atoms with Gasteiger partial charge in [0.15, 0.2) is 47.1 Å². The number of alkyl halides is 1. The van der Waals surface area contributed by atoms with Crippen LogP contribution in [0.4, 0.5) is 24.2 Å². The first-order chi connectivity index (χ1) is 27.7. The number of aliphatic hydroxyl groups excluding tert-OH is 1. The molecule has 2 unspecified atom stereocenters. The maximum atomic E-state index is 16.4. The fourth-order valence-electron chi connectivity index (χ4n) is 6.29. The molecule has 59 heavy (non-hydrogen) atoms. The highest BCUT2D eigenvalue weighted by Crippen LogP contribution is 2.60. The molecule has 0 saturated carbocycles. The zero-order valence-electron chi connectivity index (χ0n) is 31.2. The van der Waals surface area contributed by atoms with Crippen molar-refractivity contribution in [1.82, 2.24) is 39.0 Å². The van der Waals surface area contributed by atoms with Gasteiger partial charge in [-0.05, 0) is 20.8 Å². The van der Waals surface area contributed by atoms with Crippen molar-refractivity contribution in [1.29, 1.82) is 0 Å². The summed E-state index contributed by atoms with van der Waals surface area (Å²) in [6.45, 7) is -5.72. The molecule has 23 nitrogen and oxygen atoms in total. The number of amides is 2. The number of carbonyl (C=O) groups excluding carboxylic acids is 2. The van der Waals surface area contributed by atoms with E-state index in [0.717, 1.165) is 34.3 Å². The Bertz CT molecular complexity index is 2400. The first kappa shape index (κ1) is 43.3. The number of carbonyl (C=O) groups is 2. The molecular formula is C30H37F2N9O14P2S2. The van der Waals surface area contributed by atoms with Crippen LogP contribution in [-0.2, 0) is 46.2 Å². The van der Waals surface area contributed by atoms with Gasteiger partial charge in [-0.1, -0.05) is 24.5 Å². The number of likely N-dealkylation sites (N-methyl/N-ethyl adjacent to an activating group) is 1. The van der Waals surface area contributed by atoms with E-state index >= 15 is 4.39 Å². The summed E-state index contributed by atoms with van der Waals surface area (Å²) in [6.07, 6.45) is -11.0. The molecule has 0 aliphatic carbocycles. The SMILES string of the molecule is CN(CCOC(=O)Nc1ncnc2c1ncn2[C@@H]1O[C@@H]2CO[P@@](=O)(S)O[C@H]3C(n4cc(F)c5c(=O)[nH]cnc54)OC(CO[P@@](=O)(S)O[C@H]2[C@H]1F)[C@H]3O)C(=O)OC(C)(C)C. The number of hydrogen-bond acceptors (Lipinski definition) is 18. The summed E-state index contributed by atoms with van der Waals surface area (Å²) in [5.74, 6) is -1.13. The normalized spacial score (nSPS) is 31.5. The largest absolute Gasteiger partial charge is 0.447 e. The number of thiol groups is 2. The van der Waals surface area contributed by atoms with Crippen molar-refractivity contribution >= 4 is 78.3 Å². The number of anilines is 1. The standard InChI is InChI=1S/C30H37F2N9O14P2S2/c1-30(2,3)53-29(45)39(4)5-6-48-28(44)38-22-18-24(35-10-33-22)41(12-37-18)26-17(32)20-15(52-26)9-50-57(47,59)55-21-19(42)14(8-49-56(46,58)54-20)51-27(21)40-7-13(31)16-23(40)34-11-36-25(16)43/h7,10-12,14-15,17,19-21,26-27,42H,5-6,8-9H2,1-4H3,(H,46,58)(H,47,59)(H,34,36,43)(H,33,35,38,44)/t14?,15-,17-,19-,20-,21-,26-,27?,56-,57-/m1/s1. The van der Waals surface area contributed by atoms with Gasteiger partial charge in [0.1, 0.15) is 54.4 Å². The second kappa shape index (κ2) is 16.6. The summed E-state index contributed by atoms with van der Waals surface area (Å²) in [5, 5.41) is 13.2. The molecular weight excluding hydrogens is 874 g/mol. The summed E-state index contributed by atoms with van der Waals surface area (Å²) in [5.41, 5.74) is -1.83. The van der Waals surface area contributed by atoms with Crippen LogP contribution >= 0.6 is 38.1 Å². The minimum absolute atomic E-state index is 0.00502. The van der Waals surface area contributed by atoms with Gasteiger partial charge in [0.05, 0.1) is 32.4 Å². The topological polar surface area (TPSA) is 272 Å². The van der Waals surface area contributed by atoms with Gasteiger partial charge in [-0.3, -0.25) is 32.8 Å². The summed E-state index contributed by atoms with van der Waals surface area (Å²) in [6, 6.07) is 0. The van der Waals surface area contributed by atoms with Gasteiger partial charge in [0.2, 0.25) is 0 Å². The number of halogens is 2. The smallest absolute Gasteiger partial charge is 0.412 e. The number of hydrogen-bond donors (Lipinski definition) is 5. The lowest BCUT2D eigenvalue weighted by molar-refractivity contribution is -0.0568. The molecule has 10 atom stereocenters. The monoisotopic (exact) mass is 911 g/mol. The van der Waals surface area contributed by atoms with Crippen molar-refractivity contribution in [3.8, 4) is 0 Å². The second-order valence-electron chi connectivity index (χ2n) is 14.3. The van der Waals surface area contributed by atoms with Gasteiger partial charge in [0, 0.05) is 13.2 Å². The Morgan fingerprint density at radius 3 is 2.42 bits per heavy atom. The minimum atomic E-state index is -4.57. The molecule has 3 saturated heterocycles. The van der Waals surface area contributed by atoms with Gasteiger partial charge in [0.25, 0.3) is 5.56 Å². The van der Waals surface area contributed by atoms with Crippen LogP contribution in [0.3, 0.4) is 0 Å². The Hall–Kier alpha value is -3.75. The highest BCUT2D eigenvalue weighted by Gasteiger charge is 2.54. The maximum Gasteiger partial charge on any atom is 0.412 e. The molecule has 322 valence electrons. The Morgan fingerprint density at radius 1 is 1.03 bits per heavy atom. The Balaban J connectivity index is 1.08. The van der Waals surface area contributed by atoms with Gasteiger partial charge in [-0.25, -0.2) is 47.4 Å². The first-order valence-corrected chi connectivity index (χ1v) is 22.8. The quantitative estimate of drug-likeness (QED) is 0.137. The van der Waals surface area contributed by atoms with Crippen LogP contribution in [0.25, 0.3) is 22.2 Å². The van der Waals surface area contributed by atoms with E-state index in [-0.39, 0.29) is 35.8 Å². The Morgan fingerprint density at radius 2 is 1.71 bits per heavy atom. The fourth-order valence-corrected chi connectivity index (χ4v) is 9.23. The van der Waals surface area contributed by atoms with Crippen LogP contribution in [0.15, 0.2) is 30.0 Å². The third-order valence-electron chi connectivity index (χ3n) is 8.95. The van der Waals surface area contributed by atoms with Crippen molar-refractivity contribution in [3.63, 3.8) is 0 Å². The predicted octanol–water partition coefficient (Wildman–Crippen LogP) is 3.51. The zero-order valence-corrected chi connectivity index (χ0v) is 34.8. The van der Waals surface area contributed by atoms with E-state index in [9.17, 15) is 33.0 Å². The number of nitrogens with zero attached hydrogens (tertiary/aromatic N) is 7. The maximum absolute atomic E-state index is 16.4. The lowest BCUT2D eigenvalue weighted by Gasteiger charge is -2.26. The summed E-state index contributed by atoms with van der Waals surface area (Å²) in [4.78, 5) is 56.9. The average Bonchev–Trinajstić information content (AvgIpc) is 3.89. The number of imidazole rings is 1. The minimum Gasteiger partial charge on any atom is -0.447 e. The zero-order chi connectivity index (χ0) is 42.6. The Labute approximate surface area is 341 Å². The molecule has 2 amide bonds. The van der Waals surface area contributed by atoms with Crippen molar-refractivity contribution in [2.75, 3.05) is 38.7 Å². The fraction of sp³-hybridized carbons (Fsp3) is 0.567. The van der Waals surface area contributed by atoms with Crippen LogP contribution in [-0.4, -0.2) is 132 Å². The molecule has 0 radical (unpaired) electrons. The number of fused-ring (bicyclic) bond motifs is 5. The van der Waals surface area contributed by atoms with E-state index in [0.29, 0.717) is 0 Å². The summed E-state index contributed by atoms with van der Waals surface area (Å²) < 4.78 is 105. The van der Waals surface area contributed by atoms with Crippen LogP contribution < -0.4 is 10.9 Å². The molecule has 3 aliphatic rings. The molecule has 4 aromatic rings. The number of aromatic amines is 1. The van der Waals surface area contributed by atoms with Crippen molar-refractivity contribution in [2.45, 2.75) is 75.5 Å². The lowest BCUT2D eigenvalue weighted by Crippen LogP contribution is -2.36. The van der Waals surface area contributed by atoms with Crippen molar-refractivity contribution in [3.05, 3.63) is 41.3 Å². The summed E-state index contributed by atoms with van der Waals surface area (Å²) >= 11 is 8.04. The van der Waals surface area contributed by atoms with Crippen LogP contribution in [0.2, 0.25) is 0 Å². The predicted molar refractivity (Wildman–Crippen MR) is 203 cm³/mol. The molecule has 7 rings (SSSR count). The van der Waals surface area contributed by atoms with Crippen LogP contribution in [0, 0.1) is 5.82 Å². The van der Waals surface area contributed by atoms with E-state index in [1.807, 2.05) is 0 Å². The molecule has 7 heterocycles. The van der Waals surface area contributed by atoms with Gasteiger partial charge < -0.3 is 38.5 Å². The highest BCUT2D eigenvalue weighted by atomic mass is 32.7. The molecule has 4 aromatic heterocycles. The first-order valence-electron chi connectivity index (χ1n) is 17.5. The highest BCUT2D eigenvalue weighted by molar-refractivity contribution is 8.44.